The molecule has 2 N–H and O–H groups in total. The van der Waals surface area contributed by atoms with Crippen LogP contribution in [0.5, 0.6) is 0 Å². The van der Waals surface area contributed by atoms with Crippen molar-refractivity contribution in [2.24, 2.45) is 4.99 Å². The minimum atomic E-state index is -3.35. The number of rotatable bonds is 7. The summed E-state index contributed by atoms with van der Waals surface area (Å²) in [7, 11) is -1.55. The fourth-order valence-electron chi connectivity index (χ4n) is 3.14. The summed E-state index contributed by atoms with van der Waals surface area (Å²) in [5.74, 6) is 1.97. The second-order valence-electron chi connectivity index (χ2n) is 7.05. The van der Waals surface area contributed by atoms with Gasteiger partial charge in [0, 0.05) is 43.7 Å². The molecule has 160 valence electrons. The Bertz CT molecular complexity index is 741. The molecule has 0 saturated carbocycles. The van der Waals surface area contributed by atoms with E-state index < -0.39 is 10.0 Å². The van der Waals surface area contributed by atoms with Gasteiger partial charge in [0.1, 0.15) is 0 Å². The normalized spacial score (nSPS) is 18.1. The minimum absolute atomic E-state index is 0. The van der Waals surface area contributed by atoms with E-state index in [0.29, 0.717) is 11.8 Å². The van der Waals surface area contributed by atoms with Gasteiger partial charge in [0.25, 0.3) is 0 Å². The molecule has 28 heavy (non-hydrogen) atoms. The Morgan fingerprint density at radius 3 is 2.61 bits per heavy atom. The molecule has 1 aliphatic rings. The van der Waals surface area contributed by atoms with Crippen molar-refractivity contribution in [3.8, 4) is 0 Å². The molecule has 0 aromatic heterocycles. The number of halogens is 1. The predicted octanol–water partition coefficient (Wildman–Crippen LogP) is 3.04. The molecule has 1 fully saturated rings. The van der Waals surface area contributed by atoms with Gasteiger partial charge in [0.2, 0.25) is 10.0 Å². The average molecular weight is 541 g/mol. The summed E-state index contributed by atoms with van der Waals surface area (Å²) in [5, 5.41) is 4.05. The fraction of sp³-hybridized carbons (Fsp3) is 0.632. The number of hydrogen-bond acceptors (Lipinski definition) is 4. The maximum atomic E-state index is 12.3. The molecule has 0 aliphatic carbocycles. The van der Waals surface area contributed by atoms with Gasteiger partial charge >= 0.3 is 0 Å². The molecule has 9 heteroatoms. The van der Waals surface area contributed by atoms with Crippen LogP contribution in [0.25, 0.3) is 0 Å². The van der Waals surface area contributed by atoms with E-state index in [1.54, 1.807) is 7.05 Å². The SMILES string of the molecule is CCC1CN(C(=NC)NCc2ccccc2CS(=O)(=O)NC(C)C)CCS1.I. The summed E-state index contributed by atoms with van der Waals surface area (Å²) in [4.78, 5) is 6.73. The van der Waals surface area contributed by atoms with Crippen molar-refractivity contribution >= 4 is 51.7 Å². The lowest BCUT2D eigenvalue weighted by Gasteiger charge is -2.34. The lowest BCUT2D eigenvalue weighted by molar-refractivity contribution is 0.408. The van der Waals surface area contributed by atoms with Crippen LogP contribution >= 0.6 is 35.7 Å². The van der Waals surface area contributed by atoms with Crippen LogP contribution in [0.3, 0.4) is 0 Å². The smallest absolute Gasteiger partial charge is 0.216 e. The van der Waals surface area contributed by atoms with Gasteiger partial charge in [0.15, 0.2) is 5.96 Å². The van der Waals surface area contributed by atoms with E-state index in [1.165, 1.54) is 0 Å². The van der Waals surface area contributed by atoms with E-state index >= 15 is 0 Å². The second-order valence-corrected chi connectivity index (χ2v) is 10.2. The Labute approximate surface area is 191 Å². The van der Waals surface area contributed by atoms with E-state index in [4.69, 9.17) is 0 Å². The van der Waals surface area contributed by atoms with Crippen molar-refractivity contribution in [1.82, 2.24) is 14.9 Å². The third kappa shape index (κ3) is 8.08. The number of hydrogen-bond donors (Lipinski definition) is 2. The molecule has 1 unspecified atom stereocenters. The highest BCUT2D eigenvalue weighted by Gasteiger charge is 2.22. The molecule has 0 amide bonds. The molecule has 1 aromatic rings. The summed E-state index contributed by atoms with van der Waals surface area (Å²) in [6, 6.07) is 7.57. The maximum Gasteiger partial charge on any atom is 0.216 e. The van der Waals surface area contributed by atoms with Crippen molar-refractivity contribution in [2.45, 2.75) is 50.8 Å². The highest BCUT2D eigenvalue weighted by atomic mass is 127. The lowest BCUT2D eigenvalue weighted by Crippen LogP contribution is -2.47. The van der Waals surface area contributed by atoms with Gasteiger partial charge in [0.05, 0.1) is 5.75 Å². The van der Waals surface area contributed by atoms with Gasteiger partial charge in [-0.05, 0) is 31.4 Å². The first kappa shape index (κ1) is 25.5. The molecule has 0 spiro atoms. The Hall–Kier alpha value is -0.520. The first-order chi connectivity index (χ1) is 12.8. The number of nitrogens with zero attached hydrogens (tertiary/aromatic N) is 2. The number of thioether (sulfide) groups is 1. The van der Waals surface area contributed by atoms with Gasteiger partial charge in [-0.15, -0.1) is 24.0 Å². The van der Waals surface area contributed by atoms with Crippen LogP contribution in [0.15, 0.2) is 29.3 Å². The Kier molecular flexibility index (Phi) is 11.2. The molecule has 1 saturated heterocycles. The van der Waals surface area contributed by atoms with Crippen LogP contribution in [0, 0.1) is 0 Å². The van der Waals surface area contributed by atoms with E-state index in [9.17, 15) is 8.42 Å². The van der Waals surface area contributed by atoms with Crippen LogP contribution in [-0.2, 0) is 22.3 Å². The van der Waals surface area contributed by atoms with Gasteiger partial charge in [-0.1, -0.05) is 31.2 Å². The molecule has 1 atom stereocenters. The van der Waals surface area contributed by atoms with Crippen molar-refractivity contribution in [1.29, 1.82) is 0 Å². The van der Waals surface area contributed by atoms with Crippen LogP contribution in [0.1, 0.15) is 38.3 Å². The second kappa shape index (κ2) is 12.2. The van der Waals surface area contributed by atoms with Crippen LogP contribution in [0.4, 0.5) is 0 Å². The number of sulfonamides is 1. The summed E-state index contributed by atoms with van der Waals surface area (Å²) < 4.78 is 27.3. The molecule has 2 rings (SSSR count). The summed E-state index contributed by atoms with van der Waals surface area (Å²) in [6.07, 6.45) is 1.15. The number of benzene rings is 1. The molecule has 0 radical (unpaired) electrons. The molecular formula is C19H33IN4O2S2. The Morgan fingerprint density at radius 2 is 2.00 bits per heavy atom. The molecule has 1 heterocycles. The Balaban J connectivity index is 0.00000392. The summed E-state index contributed by atoms with van der Waals surface area (Å²) in [5.41, 5.74) is 1.79. The van der Waals surface area contributed by atoms with E-state index in [1.807, 2.05) is 49.9 Å². The van der Waals surface area contributed by atoms with Crippen molar-refractivity contribution < 1.29 is 8.42 Å². The fourth-order valence-corrected chi connectivity index (χ4v) is 5.81. The highest BCUT2D eigenvalue weighted by molar-refractivity contribution is 14.0. The standard InChI is InChI=1S/C19H32N4O2S2.HI/c1-5-18-13-23(10-11-26-18)19(20-4)21-12-16-8-6-7-9-17(16)14-27(24,25)22-15(2)3;/h6-9,15,18,22H,5,10-14H2,1-4H3,(H,20,21);1H. The summed E-state index contributed by atoms with van der Waals surface area (Å²) in [6.45, 7) is 8.41. The highest BCUT2D eigenvalue weighted by Crippen LogP contribution is 2.21. The topological polar surface area (TPSA) is 73.8 Å². The maximum absolute atomic E-state index is 12.3. The monoisotopic (exact) mass is 540 g/mol. The molecule has 0 bridgehead atoms. The van der Waals surface area contributed by atoms with Gasteiger partial charge in [-0.3, -0.25) is 4.99 Å². The van der Waals surface area contributed by atoms with E-state index in [0.717, 1.165) is 42.3 Å². The molecular weight excluding hydrogens is 507 g/mol. The largest absolute Gasteiger partial charge is 0.352 e. The van der Waals surface area contributed by atoms with Crippen molar-refractivity contribution in [2.75, 3.05) is 25.9 Å². The third-order valence-electron chi connectivity index (χ3n) is 4.42. The molecule has 6 nitrogen and oxygen atoms in total. The first-order valence-corrected chi connectivity index (χ1v) is 12.2. The Morgan fingerprint density at radius 1 is 1.32 bits per heavy atom. The van der Waals surface area contributed by atoms with Crippen LogP contribution in [0.2, 0.25) is 0 Å². The number of guanidine groups is 1. The summed E-state index contributed by atoms with van der Waals surface area (Å²) >= 11 is 2.02. The number of nitrogens with one attached hydrogen (secondary N) is 2. The minimum Gasteiger partial charge on any atom is -0.352 e. The first-order valence-electron chi connectivity index (χ1n) is 9.48. The quantitative estimate of drug-likeness (QED) is 0.316. The van der Waals surface area contributed by atoms with Gasteiger partial charge < -0.3 is 10.2 Å². The third-order valence-corrected chi connectivity index (χ3v) is 7.32. The van der Waals surface area contributed by atoms with Crippen LogP contribution < -0.4 is 10.0 Å². The zero-order chi connectivity index (χ0) is 19.9. The van der Waals surface area contributed by atoms with Crippen molar-refractivity contribution in [3.05, 3.63) is 35.4 Å². The molecule has 1 aliphatic heterocycles. The zero-order valence-electron chi connectivity index (χ0n) is 17.1. The predicted molar refractivity (Wildman–Crippen MR) is 131 cm³/mol. The average Bonchev–Trinajstić information content (AvgIpc) is 2.62. The van der Waals surface area contributed by atoms with Gasteiger partial charge in [-0.2, -0.15) is 11.8 Å². The van der Waals surface area contributed by atoms with Gasteiger partial charge in [-0.25, -0.2) is 13.1 Å². The van der Waals surface area contributed by atoms with Crippen molar-refractivity contribution in [3.63, 3.8) is 0 Å². The van der Waals surface area contributed by atoms with Crippen LogP contribution in [-0.4, -0.2) is 56.5 Å². The molecule has 1 aromatic carbocycles. The number of aliphatic imine (C=N–C) groups is 1. The zero-order valence-corrected chi connectivity index (χ0v) is 21.1. The lowest BCUT2D eigenvalue weighted by atomic mass is 10.1. The van der Waals surface area contributed by atoms with E-state index in [-0.39, 0.29) is 35.8 Å². The van der Waals surface area contributed by atoms with E-state index in [2.05, 4.69) is 26.9 Å².